The zero-order chi connectivity index (χ0) is 15.7. The van der Waals surface area contributed by atoms with Crippen molar-refractivity contribution in [1.29, 1.82) is 0 Å². The molecular formula is C12H11F3N2O2S2. The minimum Gasteiger partial charge on any atom is -0.258 e. The van der Waals surface area contributed by atoms with E-state index in [1.807, 2.05) is 0 Å². The number of hydrogen-bond acceptors (Lipinski definition) is 4. The number of anilines is 1. The first-order valence-corrected chi connectivity index (χ1v) is 8.22. The van der Waals surface area contributed by atoms with Crippen molar-refractivity contribution in [3.05, 3.63) is 46.5 Å². The van der Waals surface area contributed by atoms with Gasteiger partial charge in [-0.1, -0.05) is 18.2 Å². The van der Waals surface area contributed by atoms with Crippen LogP contribution in [0.15, 0.2) is 30.5 Å². The lowest BCUT2D eigenvalue weighted by atomic mass is 10.1. The summed E-state index contributed by atoms with van der Waals surface area (Å²) < 4.78 is 64.6. The van der Waals surface area contributed by atoms with Crippen LogP contribution in [0.4, 0.5) is 18.3 Å². The van der Waals surface area contributed by atoms with Crippen molar-refractivity contribution in [1.82, 2.24) is 4.98 Å². The fraction of sp³-hybridized carbons (Fsp3) is 0.250. The molecule has 1 heterocycles. The third-order valence-corrected chi connectivity index (χ3v) is 4.69. The molecule has 0 radical (unpaired) electrons. The maximum Gasteiger partial charge on any atom is 0.416 e. The summed E-state index contributed by atoms with van der Waals surface area (Å²) in [5.74, 6) is -0.763. The molecule has 2 aromatic rings. The Morgan fingerprint density at radius 2 is 1.95 bits per heavy atom. The maximum absolute atomic E-state index is 12.8. The van der Waals surface area contributed by atoms with Crippen LogP contribution in [0.5, 0.6) is 0 Å². The highest BCUT2D eigenvalue weighted by Gasteiger charge is 2.34. The van der Waals surface area contributed by atoms with Gasteiger partial charge in [-0.2, -0.15) is 13.2 Å². The van der Waals surface area contributed by atoms with Crippen LogP contribution in [0.3, 0.4) is 0 Å². The van der Waals surface area contributed by atoms with Crippen LogP contribution in [0.1, 0.15) is 16.0 Å². The quantitative estimate of drug-likeness (QED) is 0.931. The topological polar surface area (TPSA) is 59.1 Å². The summed E-state index contributed by atoms with van der Waals surface area (Å²) in [5, 5.41) is 0.136. The Morgan fingerprint density at radius 3 is 2.52 bits per heavy atom. The maximum atomic E-state index is 12.8. The highest BCUT2D eigenvalue weighted by atomic mass is 32.2. The largest absolute Gasteiger partial charge is 0.416 e. The summed E-state index contributed by atoms with van der Waals surface area (Å²) in [5.41, 5.74) is -1.25. The van der Waals surface area contributed by atoms with E-state index in [-0.39, 0.29) is 10.7 Å². The number of halogens is 3. The lowest BCUT2D eigenvalue weighted by molar-refractivity contribution is -0.138. The molecule has 0 unspecified atom stereocenters. The van der Waals surface area contributed by atoms with E-state index in [0.29, 0.717) is 0 Å². The second-order valence-electron chi connectivity index (χ2n) is 4.29. The molecule has 114 valence electrons. The van der Waals surface area contributed by atoms with E-state index in [0.717, 1.165) is 28.3 Å². The van der Waals surface area contributed by atoms with Gasteiger partial charge in [0.25, 0.3) is 0 Å². The van der Waals surface area contributed by atoms with E-state index < -0.39 is 27.5 Å². The van der Waals surface area contributed by atoms with Crippen LogP contribution in [-0.2, 0) is 22.0 Å². The van der Waals surface area contributed by atoms with Gasteiger partial charge in [0.1, 0.15) is 0 Å². The molecule has 0 spiro atoms. The second kappa shape index (κ2) is 5.64. The van der Waals surface area contributed by atoms with E-state index in [4.69, 9.17) is 0 Å². The van der Waals surface area contributed by atoms with E-state index >= 15 is 0 Å². The SMILES string of the molecule is Cc1cnc(NS(=O)(=O)Cc2ccccc2C(F)(F)F)s1. The van der Waals surface area contributed by atoms with Gasteiger partial charge in [-0.25, -0.2) is 13.4 Å². The molecule has 0 aliphatic rings. The summed E-state index contributed by atoms with van der Waals surface area (Å²) in [6, 6.07) is 4.59. The summed E-state index contributed by atoms with van der Waals surface area (Å²) in [6.45, 7) is 1.74. The molecule has 1 N–H and O–H groups in total. The molecule has 4 nitrogen and oxygen atoms in total. The molecule has 0 atom stereocenters. The van der Waals surface area contributed by atoms with Crippen molar-refractivity contribution in [3.8, 4) is 0 Å². The third kappa shape index (κ3) is 4.18. The third-order valence-electron chi connectivity index (χ3n) is 2.53. The second-order valence-corrected chi connectivity index (χ2v) is 7.25. The standard InChI is InChI=1S/C12H11F3N2O2S2/c1-8-6-16-11(20-8)17-21(18,19)7-9-4-2-3-5-10(9)12(13,14)15/h2-6H,7H2,1H3,(H,16,17). The van der Waals surface area contributed by atoms with E-state index in [2.05, 4.69) is 9.71 Å². The van der Waals surface area contributed by atoms with Crippen LogP contribution >= 0.6 is 11.3 Å². The molecule has 0 aliphatic heterocycles. The highest BCUT2D eigenvalue weighted by molar-refractivity contribution is 7.92. The number of sulfonamides is 1. The highest BCUT2D eigenvalue weighted by Crippen LogP contribution is 2.32. The van der Waals surface area contributed by atoms with Crippen LogP contribution in [0.25, 0.3) is 0 Å². The van der Waals surface area contributed by atoms with E-state index in [1.165, 1.54) is 18.3 Å². The predicted molar refractivity (Wildman–Crippen MR) is 74.5 cm³/mol. The number of thiazole rings is 1. The van der Waals surface area contributed by atoms with Gasteiger partial charge in [0, 0.05) is 11.1 Å². The van der Waals surface area contributed by atoms with Gasteiger partial charge in [0.05, 0.1) is 11.3 Å². The zero-order valence-electron chi connectivity index (χ0n) is 10.8. The number of rotatable bonds is 4. The van der Waals surface area contributed by atoms with E-state index in [1.54, 1.807) is 6.92 Å². The first kappa shape index (κ1) is 15.8. The zero-order valence-corrected chi connectivity index (χ0v) is 12.4. The molecule has 0 saturated carbocycles. The average molecular weight is 336 g/mol. The molecule has 0 fully saturated rings. The number of nitrogens with zero attached hydrogens (tertiary/aromatic N) is 1. The van der Waals surface area contributed by atoms with Crippen molar-refractivity contribution in [3.63, 3.8) is 0 Å². The molecule has 1 aromatic carbocycles. The predicted octanol–water partition coefficient (Wildman–Crippen LogP) is 3.41. The van der Waals surface area contributed by atoms with Crippen molar-refractivity contribution < 1.29 is 21.6 Å². The lowest BCUT2D eigenvalue weighted by Crippen LogP contribution is -2.18. The van der Waals surface area contributed by atoms with E-state index in [9.17, 15) is 21.6 Å². The minimum absolute atomic E-state index is 0.136. The number of nitrogens with one attached hydrogen (secondary N) is 1. The normalized spacial score (nSPS) is 12.4. The molecule has 1 aromatic heterocycles. The summed E-state index contributed by atoms with van der Waals surface area (Å²) in [7, 11) is -3.96. The van der Waals surface area contributed by atoms with Gasteiger partial charge < -0.3 is 0 Å². The van der Waals surface area contributed by atoms with Crippen molar-refractivity contribution in [2.75, 3.05) is 4.72 Å². The minimum atomic E-state index is -4.59. The number of aryl methyl sites for hydroxylation is 1. The van der Waals surface area contributed by atoms with Gasteiger partial charge in [-0.05, 0) is 18.6 Å². The van der Waals surface area contributed by atoms with Gasteiger partial charge in [0.2, 0.25) is 10.0 Å². The Kier molecular flexibility index (Phi) is 4.24. The summed E-state index contributed by atoms with van der Waals surface area (Å²) >= 11 is 1.11. The molecule has 2 rings (SSSR count). The Morgan fingerprint density at radius 1 is 1.29 bits per heavy atom. The molecule has 21 heavy (non-hydrogen) atoms. The summed E-state index contributed by atoms with van der Waals surface area (Å²) in [4.78, 5) is 4.61. The fourth-order valence-corrected chi connectivity index (χ4v) is 3.81. The van der Waals surface area contributed by atoms with Gasteiger partial charge in [0.15, 0.2) is 5.13 Å². The van der Waals surface area contributed by atoms with Crippen molar-refractivity contribution >= 4 is 26.5 Å². The number of hydrogen-bond donors (Lipinski definition) is 1. The average Bonchev–Trinajstić information content (AvgIpc) is 2.72. The number of benzene rings is 1. The molecule has 0 saturated heterocycles. The number of alkyl halides is 3. The smallest absolute Gasteiger partial charge is 0.258 e. The lowest BCUT2D eigenvalue weighted by Gasteiger charge is -2.12. The molecular weight excluding hydrogens is 325 g/mol. The Bertz CT molecular complexity index is 739. The molecule has 0 amide bonds. The number of aromatic nitrogens is 1. The summed E-state index contributed by atoms with van der Waals surface area (Å²) in [6.07, 6.45) is -3.12. The molecule has 0 bridgehead atoms. The Labute approximate surface area is 123 Å². The van der Waals surface area contributed by atoms with Crippen LogP contribution in [0, 0.1) is 6.92 Å². The van der Waals surface area contributed by atoms with Crippen molar-refractivity contribution in [2.45, 2.75) is 18.9 Å². The molecule has 9 heteroatoms. The Balaban J connectivity index is 2.25. The van der Waals surface area contributed by atoms with Gasteiger partial charge in [-0.15, -0.1) is 11.3 Å². The Hall–Kier alpha value is -1.61. The van der Waals surface area contributed by atoms with Crippen LogP contribution in [0.2, 0.25) is 0 Å². The monoisotopic (exact) mass is 336 g/mol. The van der Waals surface area contributed by atoms with Crippen LogP contribution < -0.4 is 4.72 Å². The fourth-order valence-electron chi connectivity index (χ4n) is 1.70. The first-order chi connectivity index (χ1) is 9.67. The van der Waals surface area contributed by atoms with Gasteiger partial charge in [-0.3, -0.25) is 4.72 Å². The van der Waals surface area contributed by atoms with Crippen LogP contribution in [-0.4, -0.2) is 13.4 Å². The molecule has 0 aliphatic carbocycles. The van der Waals surface area contributed by atoms with Crippen molar-refractivity contribution in [2.24, 2.45) is 0 Å². The van der Waals surface area contributed by atoms with Gasteiger partial charge >= 0.3 is 6.18 Å². The first-order valence-electron chi connectivity index (χ1n) is 5.75.